The molecular weight excluding hydrogens is 394 g/mol. The zero-order valence-electron chi connectivity index (χ0n) is 20.0. The van der Waals surface area contributed by atoms with E-state index in [2.05, 4.69) is 37.3 Å². The Hall–Kier alpha value is -0.610. The zero-order chi connectivity index (χ0) is 21.0. The lowest BCUT2D eigenvalue weighted by Gasteiger charge is -2.21. The van der Waals surface area contributed by atoms with Gasteiger partial charge in [0.25, 0.3) is 0 Å². The number of nitrogens with one attached hydrogen (secondary N) is 1. The first-order valence-corrected chi connectivity index (χ1v) is 12.2. The van der Waals surface area contributed by atoms with Crippen molar-refractivity contribution in [2.45, 2.75) is 103 Å². The predicted molar refractivity (Wildman–Crippen MR) is 124 cm³/mol. The number of quaternary nitrogens is 1. The first-order valence-electron chi connectivity index (χ1n) is 12.2. The average molecular weight is 442 g/mol. The summed E-state index contributed by atoms with van der Waals surface area (Å²) in [5, 5.41) is 0. The summed E-state index contributed by atoms with van der Waals surface area (Å²) in [6.07, 6.45) is 17.6. The maximum absolute atomic E-state index is 5.34. The molecule has 1 rings (SSSR count). The molecule has 0 saturated heterocycles. The van der Waals surface area contributed by atoms with E-state index in [1.807, 2.05) is 0 Å². The Morgan fingerprint density at radius 1 is 0.700 bits per heavy atom. The van der Waals surface area contributed by atoms with E-state index < -0.39 is 0 Å². The van der Waals surface area contributed by atoms with Crippen LogP contribution in [0, 0.1) is 0 Å². The lowest BCUT2D eigenvalue weighted by molar-refractivity contribution is -0.914. The van der Waals surface area contributed by atoms with Gasteiger partial charge in [0.2, 0.25) is 0 Å². The highest BCUT2D eigenvalue weighted by atomic mass is 35.5. The standard InChI is InChI=1S/C26H47NO2.ClH/c1-4-5-6-7-8-9-10-11-12-13-17-22-27(23-18-21-26(28-2)29-3)24-25-19-15-14-16-20-25;/h14-16,19-20,26H,4-13,17-18,21-24H2,1-3H3;1H. The summed E-state index contributed by atoms with van der Waals surface area (Å²) in [4.78, 5) is 1.69. The van der Waals surface area contributed by atoms with E-state index in [9.17, 15) is 0 Å². The highest BCUT2D eigenvalue weighted by Gasteiger charge is 2.12. The number of hydrogen-bond donors (Lipinski definition) is 1. The third kappa shape index (κ3) is 16.1. The van der Waals surface area contributed by atoms with Crippen LogP contribution in [-0.4, -0.2) is 33.6 Å². The van der Waals surface area contributed by atoms with Gasteiger partial charge in [0.05, 0.1) is 13.1 Å². The Morgan fingerprint density at radius 3 is 1.73 bits per heavy atom. The Labute approximate surface area is 193 Å². The first-order chi connectivity index (χ1) is 14.3. The lowest BCUT2D eigenvalue weighted by atomic mass is 10.1. The van der Waals surface area contributed by atoms with Crippen molar-refractivity contribution in [1.29, 1.82) is 0 Å². The van der Waals surface area contributed by atoms with Gasteiger partial charge in [-0.05, 0) is 12.8 Å². The molecule has 0 fully saturated rings. The van der Waals surface area contributed by atoms with E-state index in [-0.39, 0.29) is 18.7 Å². The minimum atomic E-state index is -0.0602. The molecule has 3 nitrogen and oxygen atoms in total. The monoisotopic (exact) mass is 441 g/mol. The van der Waals surface area contributed by atoms with Gasteiger partial charge in [-0.15, -0.1) is 0 Å². The first kappa shape index (κ1) is 29.4. The number of rotatable bonds is 20. The van der Waals surface area contributed by atoms with Gasteiger partial charge in [0, 0.05) is 32.6 Å². The smallest absolute Gasteiger partial charge is 0.157 e. The van der Waals surface area contributed by atoms with E-state index >= 15 is 0 Å². The van der Waals surface area contributed by atoms with Gasteiger partial charge in [-0.25, -0.2) is 0 Å². The van der Waals surface area contributed by atoms with Crippen LogP contribution in [0.3, 0.4) is 0 Å². The van der Waals surface area contributed by atoms with Gasteiger partial charge in [-0.3, -0.25) is 0 Å². The molecule has 0 amide bonds. The molecule has 4 heteroatoms. The molecule has 30 heavy (non-hydrogen) atoms. The van der Waals surface area contributed by atoms with Crippen molar-refractivity contribution in [3.8, 4) is 0 Å². The van der Waals surface area contributed by atoms with Crippen LogP contribution in [0.15, 0.2) is 30.3 Å². The summed E-state index contributed by atoms with van der Waals surface area (Å²) in [7, 11) is 3.46. The molecule has 0 saturated carbocycles. The van der Waals surface area contributed by atoms with E-state index in [1.54, 1.807) is 19.1 Å². The summed E-state index contributed by atoms with van der Waals surface area (Å²) < 4.78 is 10.7. The summed E-state index contributed by atoms with van der Waals surface area (Å²) in [5.74, 6) is 0. The van der Waals surface area contributed by atoms with Crippen molar-refractivity contribution < 1.29 is 26.8 Å². The molecule has 1 atom stereocenters. The van der Waals surface area contributed by atoms with Crippen molar-refractivity contribution >= 4 is 0 Å². The molecule has 1 N–H and O–H groups in total. The van der Waals surface area contributed by atoms with Crippen LogP contribution in [-0.2, 0) is 16.0 Å². The highest BCUT2D eigenvalue weighted by molar-refractivity contribution is 5.13. The van der Waals surface area contributed by atoms with Crippen LogP contribution in [0.5, 0.6) is 0 Å². The fourth-order valence-electron chi connectivity index (χ4n) is 4.08. The second-order valence-electron chi connectivity index (χ2n) is 8.49. The molecule has 1 aromatic rings. The van der Waals surface area contributed by atoms with Crippen molar-refractivity contribution in [1.82, 2.24) is 0 Å². The molecule has 0 radical (unpaired) electrons. The van der Waals surface area contributed by atoms with Crippen molar-refractivity contribution in [3.63, 3.8) is 0 Å². The summed E-state index contributed by atoms with van der Waals surface area (Å²) in [6.45, 7) is 5.88. The fourth-order valence-corrected chi connectivity index (χ4v) is 4.08. The molecule has 0 aliphatic heterocycles. The Morgan fingerprint density at radius 2 is 1.20 bits per heavy atom. The van der Waals surface area contributed by atoms with Gasteiger partial charge in [-0.1, -0.05) is 95.0 Å². The molecular formula is C26H48ClNO2. The maximum Gasteiger partial charge on any atom is 0.157 e. The molecule has 1 unspecified atom stereocenters. The van der Waals surface area contributed by atoms with E-state index in [1.165, 1.54) is 89.3 Å². The molecule has 0 bridgehead atoms. The molecule has 0 aliphatic rings. The van der Waals surface area contributed by atoms with Crippen LogP contribution in [0.1, 0.15) is 96.0 Å². The Balaban J connectivity index is 0.00000841. The quantitative estimate of drug-likeness (QED) is 0.248. The minimum absolute atomic E-state index is 0. The third-order valence-corrected chi connectivity index (χ3v) is 5.93. The van der Waals surface area contributed by atoms with Crippen LogP contribution in [0.4, 0.5) is 0 Å². The van der Waals surface area contributed by atoms with Gasteiger partial charge >= 0.3 is 0 Å². The molecule has 176 valence electrons. The molecule has 0 aromatic heterocycles. The third-order valence-electron chi connectivity index (χ3n) is 5.93. The van der Waals surface area contributed by atoms with Crippen molar-refractivity contribution in [3.05, 3.63) is 35.9 Å². The zero-order valence-corrected chi connectivity index (χ0v) is 20.7. The van der Waals surface area contributed by atoms with Crippen molar-refractivity contribution in [2.24, 2.45) is 0 Å². The summed E-state index contributed by atoms with van der Waals surface area (Å²) >= 11 is 0. The normalized spacial score (nSPS) is 12.1. The number of hydrogen-bond acceptors (Lipinski definition) is 2. The number of unbranched alkanes of at least 4 members (excludes halogenated alkanes) is 10. The maximum atomic E-state index is 5.34. The average Bonchev–Trinajstić information content (AvgIpc) is 2.75. The van der Waals surface area contributed by atoms with Gasteiger partial charge in [0.15, 0.2) is 6.29 Å². The largest absolute Gasteiger partial charge is 1.00 e. The summed E-state index contributed by atoms with van der Waals surface area (Å²) in [6, 6.07) is 10.9. The van der Waals surface area contributed by atoms with Gasteiger partial charge in [-0.2, -0.15) is 0 Å². The van der Waals surface area contributed by atoms with Crippen LogP contribution in [0.2, 0.25) is 0 Å². The number of ether oxygens (including phenoxy) is 2. The van der Waals surface area contributed by atoms with Gasteiger partial charge in [0.1, 0.15) is 6.54 Å². The van der Waals surface area contributed by atoms with E-state index in [0.717, 1.165) is 19.4 Å². The van der Waals surface area contributed by atoms with Crippen LogP contribution < -0.4 is 17.3 Å². The second kappa shape index (κ2) is 21.6. The molecule has 1 aromatic carbocycles. The van der Waals surface area contributed by atoms with E-state index in [0.29, 0.717) is 0 Å². The SMILES string of the molecule is CCCCCCCCCCCCC[NH+](CCCC(OC)OC)Cc1ccccc1.[Cl-]. The topological polar surface area (TPSA) is 22.9 Å². The summed E-state index contributed by atoms with van der Waals surface area (Å²) in [5.41, 5.74) is 1.45. The Kier molecular flexibility index (Phi) is 21.2. The number of methoxy groups -OCH3 is 2. The molecule has 0 heterocycles. The Bertz CT molecular complexity index is 454. The van der Waals surface area contributed by atoms with Crippen LogP contribution in [0.25, 0.3) is 0 Å². The fraction of sp³-hybridized carbons (Fsp3) is 0.769. The number of benzene rings is 1. The van der Waals surface area contributed by atoms with Gasteiger partial charge < -0.3 is 26.8 Å². The minimum Gasteiger partial charge on any atom is -1.00 e. The second-order valence-corrected chi connectivity index (χ2v) is 8.49. The van der Waals surface area contributed by atoms with Crippen LogP contribution >= 0.6 is 0 Å². The van der Waals surface area contributed by atoms with Crippen molar-refractivity contribution in [2.75, 3.05) is 27.3 Å². The predicted octanol–water partition coefficient (Wildman–Crippen LogP) is 2.79. The highest BCUT2D eigenvalue weighted by Crippen LogP contribution is 2.11. The lowest BCUT2D eigenvalue weighted by Crippen LogP contribution is -3.10. The molecule has 0 spiro atoms. The number of halogens is 1. The van der Waals surface area contributed by atoms with E-state index in [4.69, 9.17) is 9.47 Å². The molecule has 0 aliphatic carbocycles.